The van der Waals surface area contributed by atoms with E-state index in [1.165, 1.54) is 108 Å². The van der Waals surface area contributed by atoms with Crippen LogP contribution in [-0.2, 0) is 0 Å². The third-order valence-corrected chi connectivity index (χ3v) is 8.04. The lowest BCUT2D eigenvalue weighted by atomic mass is 9.80. The second kappa shape index (κ2) is 7.78. The normalized spacial score (nSPS) is 29.0. The van der Waals surface area contributed by atoms with Crippen LogP contribution in [0.4, 0.5) is 0 Å². The van der Waals surface area contributed by atoms with Crippen LogP contribution >= 0.6 is 0 Å². The first kappa shape index (κ1) is 18.0. The molecule has 3 saturated carbocycles. The van der Waals surface area contributed by atoms with Crippen molar-refractivity contribution in [1.82, 2.24) is 4.90 Å². The molecule has 2 nitrogen and oxygen atoms in total. The third kappa shape index (κ3) is 3.55. The van der Waals surface area contributed by atoms with Crippen LogP contribution in [0.1, 0.15) is 108 Å². The van der Waals surface area contributed by atoms with E-state index in [1.54, 1.807) is 0 Å². The van der Waals surface area contributed by atoms with Crippen LogP contribution in [0.2, 0.25) is 0 Å². The Kier molecular flexibility index (Phi) is 5.19. The van der Waals surface area contributed by atoms with Gasteiger partial charge in [-0.05, 0) is 57.4 Å². The van der Waals surface area contributed by atoms with E-state index in [4.69, 9.17) is 4.74 Å². The van der Waals surface area contributed by atoms with Gasteiger partial charge in [0.15, 0.2) is 0 Å². The van der Waals surface area contributed by atoms with Gasteiger partial charge in [-0.15, -0.1) is 0 Å². The van der Waals surface area contributed by atoms with Crippen LogP contribution in [0.25, 0.3) is 0 Å². The minimum Gasteiger partial charge on any atom is -0.487 e. The number of rotatable bonds is 3. The Morgan fingerprint density at radius 2 is 1.33 bits per heavy atom. The summed E-state index contributed by atoms with van der Waals surface area (Å²) in [6.45, 7) is 0. The molecule has 1 aliphatic heterocycles. The minimum absolute atomic E-state index is 0.126. The predicted octanol–water partition coefficient (Wildman–Crippen LogP) is 6.79. The van der Waals surface area contributed by atoms with Gasteiger partial charge >= 0.3 is 0 Å². The molecule has 0 N–H and O–H groups in total. The molecule has 1 aromatic rings. The van der Waals surface area contributed by atoms with Crippen molar-refractivity contribution in [2.45, 2.75) is 120 Å². The number of fused-ring (bicyclic) bond motifs is 1. The van der Waals surface area contributed by atoms with Crippen LogP contribution < -0.4 is 4.74 Å². The topological polar surface area (TPSA) is 12.5 Å². The maximum atomic E-state index is 6.71. The van der Waals surface area contributed by atoms with Crippen molar-refractivity contribution in [2.24, 2.45) is 0 Å². The van der Waals surface area contributed by atoms with Gasteiger partial charge in [0, 0.05) is 30.1 Å². The molecule has 1 unspecified atom stereocenters. The monoisotopic (exact) mass is 367 g/mol. The van der Waals surface area contributed by atoms with Crippen molar-refractivity contribution >= 4 is 0 Å². The summed E-state index contributed by atoms with van der Waals surface area (Å²) in [6.07, 6.45) is 20.8. The van der Waals surface area contributed by atoms with Crippen LogP contribution in [-0.4, -0.2) is 22.6 Å². The van der Waals surface area contributed by atoms with Gasteiger partial charge in [0.1, 0.15) is 11.4 Å². The van der Waals surface area contributed by atoms with Gasteiger partial charge in [-0.1, -0.05) is 56.7 Å². The fourth-order valence-corrected chi connectivity index (χ4v) is 6.74. The summed E-state index contributed by atoms with van der Waals surface area (Å²) in [4.78, 5) is 3.06. The predicted molar refractivity (Wildman–Crippen MR) is 111 cm³/mol. The molecule has 1 atom stereocenters. The summed E-state index contributed by atoms with van der Waals surface area (Å²) >= 11 is 0. The molecular formula is C25H37NO. The summed E-state index contributed by atoms with van der Waals surface area (Å²) in [5.74, 6) is 1.20. The van der Waals surface area contributed by atoms with Gasteiger partial charge in [-0.3, -0.25) is 4.90 Å². The molecule has 1 spiro atoms. The van der Waals surface area contributed by atoms with E-state index in [9.17, 15) is 0 Å². The number of ether oxygens (including phenoxy) is 1. The second-order valence-electron chi connectivity index (χ2n) is 9.78. The highest BCUT2D eigenvalue weighted by atomic mass is 16.5. The number of nitrogens with zero attached hydrogens (tertiary/aromatic N) is 1. The Morgan fingerprint density at radius 3 is 1.96 bits per heavy atom. The van der Waals surface area contributed by atoms with E-state index >= 15 is 0 Å². The number of hydrogen-bond acceptors (Lipinski definition) is 2. The van der Waals surface area contributed by atoms with Gasteiger partial charge < -0.3 is 4.74 Å². The van der Waals surface area contributed by atoms with E-state index < -0.39 is 0 Å². The van der Waals surface area contributed by atoms with Crippen LogP contribution in [0.15, 0.2) is 24.3 Å². The number of hydrogen-bond donors (Lipinski definition) is 0. The van der Waals surface area contributed by atoms with Crippen molar-refractivity contribution in [3.8, 4) is 5.75 Å². The Hall–Kier alpha value is -1.02. The molecule has 0 bridgehead atoms. The minimum atomic E-state index is 0.126. The molecule has 0 saturated heterocycles. The number of para-hydroxylation sites is 1. The average molecular weight is 368 g/mol. The molecule has 1 aromatic carbocycles. The third-order valence-electron chi connectivity index (χ3n) is 8.04. The Morgan fingerprint density at radius 1 is 0.741 bits per heavy atom. The highest BCUT2D eigenvalue weighted by Gasteiger charge is 2.47. The molecular weight excluding hydrogens is 330 g/mol. The molecule has 4 aliphatic rings. The summed E-state index contributed by atoms with van der Waals surface area (Å²) in [7, 11) is 0. The SMILES string of the molecule is c1ccc2c(c1)OC1(CCCC1)CC2N(C1CCCCC1)C1CCCCC1. The fourth-order valence-electron chi connectivity index (χ4n) is 6.74. The second-order valence-corrected chi connectivity index (χ2v) is 9.78. The lowest BCUT2D eigenvalue weighted by Gasteiger charge is -2.51. The fraction of sp³-hybridized carbons (Fsp3) is 0.760. The Bertz CT molecular complexity index is 605. The van der Waals surface area contributed by atoms with E-state index in [0.717, 1.165) is 12.1 Å². The first-order valence-electron chi connectivity index (χ1n) is 11.9. The van der Waals surface area contributed by atoms with E-state index in [-0.39, 0.29) is 5.60 Å². The average Bonchev–Trinajstić information content (AvgIpc) is 3.17. The van der Waals surface area contributed by atoms with Crippen LogP contribution in [0, 0.1) is 0 Å². The summed E-state index contributed by atoms with van der Waals surface area (Å²) in [6, 6.07) is 11.2. The molecule has 148 valence electrons. The highest BCUT2D eigenvalue weighted by Crippen LogP contribution is 2.51. The van der Waals surface area contributed by atoms with Gasteiger partial charge in [-0.2, -0.15) is 0 Å². The first-order chi connectivity index (χ1) is 13.3. The van der Waals surface area contributed by atoms with Gasteiger partial charge in [0.2, 0.25) is 0 Å². The smallest absolute Gasteiger partial charge is 0.124 e. The van der Waals surface area contributed by atoms with Gasteiger partial charge in [0.05, 0.1) is 0 Å². The molecule has 2 heteroatoms. The summed E-state index contributed by atoms with van der Waals surface area (Å²) < 4.78 is 6.71. The van der Waals surface area contributed by atoms with E-state index in [2.05, 4.69) is 29.2 Å². The van der Waals surface area contributed by atoms with Gasteiger partial charge in [0.25, 0.3) is 0 Å². The summed E-state index contributed by atoms with van der Waals surface area (Å²) in [5.41, 5.74) is 1.62. The van der Waals surface area contributed by atoms with Crippen LogP contribution in [0.5, 0.6) is 5.75 Å². The van der Waals surface area contributed by atoms with Crippen LogP contribution in [0.3, 0.4) is 0 Å². The number of benzene rings is 1. The van der Waals surface area contributed by atoms with E-state index in [0.29, 0.717) is 6.04 Å². The molecule has 0 radical (unpaired) electrons. The van der Waals surface area contributed by atoms with Crippen molar-refractivity contribution in [2.75, 3.05) is 0 Å². The first-order valence-corrected chi connectivity index (χ1v) is 11.9. The zero-order valence-electron chi connectivity index (χ0n) is 17.0. The molecule has 5 rings (SSSR count). The molecule has 3 aliphatic carbocycles. The largest absolute Gasteiger partial charge is 0.487 e. The standard InChI is InChI=1S/C25H37NO/c1-3-11-20(12-4-1)26(21-13-5-2-6-14-21)23-19-25(17-9-10-18-25)27-24-16-8-7-15-22(23)24/h7-8,15-16,20-21,23H,1-6,9-14,17-19H2. The van der Waals surface area contributed by atoms with Crippen molar-refractivity contribution in [3.63, 3.8) is 0 Å². The Balaban J connectivity index is 1.52. The maximum absolute atomic E-state index is 6.71. The molecule has 3 fully saturated rings. The molecule has 0 aromatic heterocycles. The summed E-state index contributed by atoms with van der Waals surface area (Å²) in [5, 5.41) is 0. The quantitative estimate of drug-likeness (QED) is 0.583. The Labute approximate surface area is 165 Å². The van der Waals surface area contributed by atoms with Crippen molar-refractivity contribution in [3.05, 3.63) is 29.8 Å². The van der Waals surface area contributed by atoms with Crippen molar-refractivity contribution < 1.29 is 4.74 Å². The van der Waals surface area contributed by atoms with Gasteiger partial charge in [-0.25, -0.2) is 0 Å². The molecule has 0 amide bonds. The van der Waals surface area contributed by atoms with E-state index in [1.807, 2.05) is 0 Å². The zero-order valence-corrected chi connectivity index (χ0v) is 17.0. The molecule has 27 heavy (non-hydrogen) atoms. The zero-order chi connectivity index (χ0) is 18.1. The lowest BCUT2D eigenvalue weighted by Crippen LogP contribution is -2.51. The highest BCUT2D eigenvalue weighted by molar-refractivity contribution is 5.39. The maximum Gasteiger partial charge on any atom is 0.124 e. The molecule has 1 heterocycles. The lowest BCUT2D eigenvalue weighted by molar-refractivity contribution is -0.0344. The van der Waals surface area contributed by atoms with Crippen molar-refractivity contribution in [1.29, 1.82) is 0 Å².